The average Bonchev–Trinajstić information content (AvgIpc) is 2.70. The highest BCUT2D eigenvalue weighted by atomic mass is 32.2. The molecular weight excluding hydrogens is 376 g/mol. The van der Waals surface area contributed by atoms with Crippen LogP contribution in [0.5, 0.6) is 0 Å². The SMILES string of the molecule is CSc1ccccc1NC(=O)CN(C)C(=O)Cn1ncc(=O)c2ccccc21. The van der Waals surface area contributed by atoms with Crippen LogP contribution in [0.25, 0.3) is 10.9 Å². The highest BCUT2D eigenvalue weighted by Crippen LogP contribution is 2.24. The lowest BCUT2D eigenvalue weighted by molar-refractivity contribution is -0.133. The molecule has 2 amide bonds. The van der Waals surface area contributed by atoms with Crippen molar-refractivity contribution < 1.29 is 9.59 Å². The second kappa shape index (κ2) is 8.71. The van der Waals surface area contributed by atoms with Crippen molar-refractivity contribution in [1.29, 1.82) is 0 Å². The highest BCUT2D eigenvalue weighted by molar-refractivity contribution is 7.98. The Morgan fingerprint density at radius 3 is 2.64 bits per heavy atom. The topological polar surface area (TPSA) is 84.3 Å². The van der Waals surface area contributed by atoms with E-state index < -0.39 is 0 Å². The van der Waals surface area contributed by atoms with Gasteiger partial charge < -0.3 is 10.2 Å². The van der Waals surface area contributed by atoms with Crippen molar-refractivity contribution in [3.05, 3.63) is 65.0 Å². The monoisotopic (exact) mass is 396 g/mol. The van der Waals surface area contributed by atoms with Crippen LogP contribution in [0.2, 0.25) is 0 Å². The number of nitrogens with one attached hydrogen (secondary N) is 1. The zero-order chi connectivity index (χ0) is 20.1. The van der Waals surface area contributed by atoms with Gasteiger partial charge in [-0.05, 0) is 30.5 Å². The van der Waals surface area contributed by atoms with Gasteiger partial charge in [0.2, 0.25) is 17.2 Å². The average molecular weight is 396 g/mol. The molecule has 3 aromatic rings. The van der Waals surface area contributed by atoms with E-state index in [1.807, 2.05) is 30.5 Å². The van der Waals surface area contributed by atoms with Gasteiger partial charge in [-0.3, -0.25) is 19.1 Å². The molecule has 0 saturated carbocycles. The summed E-state index contributed by atoms with van der Waals surface area (Å²) in [6, 6.07) is 14.5. The first-order valence-corrected chi connectivity index (χ1v) is 9.84. The van der Waals surface area contributed by atoms with Gasteiger partial charge in [0.15, 0.2) is 0 Å². The van der Waals surface area contributed by atoms with E-state index in [1.54, 1.807) is 31.3 Å². The fraction of sp³-hybridized carbons (Fsp3) is 0.200. The minimum atomic E-state index is -0.283. The van der Waals surface area contributed by atoms with E-state index in [9.17, 15) is 14.4 Å². The highest BCUT2D eigenvalue weighted by Gasteiger charge is 2.16. The van der Waals surface area contributed by atoms with Gasteiger partial charge in [0.25, 0.3) is 0 Å². The van der Waals surface area contributed by atoms with Crippen LogP contribution in [0, 0.1) is 0 Å². The van der Waals surface area contributed by atoms with Crippen LogP contribution < -0.4 is 10.7 Å². The number of nitrogens with zero attached hydrogens (tertiary/aromatic N) is 3. The molecule has 0 fully saturated rings. The van der Waals surface area contributed by atoms with E-state index in [0.29, 0.717) is 16.6 Å². The number of carbonyl (C=O) groups is 2. The Morgan fingerprint density at radius 2 is 1.86 bits per heavy atom. The van der Waals surface area contributed by atoms with Crippen LogP contribution in [0.1, 0.15) is 0 Å². The molecule has 0 aliphatic carbocycles. The van der Waals surface area contributed by atoms with Crippen molar-refractivity contribution in [3.8, 4) is 0 Å². The van der Waals surface area contributed by atoms with Crippen LogP contribution in [-0.4, -0.2) is 46.3 Å². The second-order valence-corrected chi connectivity index (χ2v) is 7.03. The lowest BCUT2D eigenvalue weighted by atomic mass is 10.2. The lowest BCUT2D eigenvalue weighted by Gasteiger charge is -2.18. The fourth-order valence-corrected chi connectivity index (χ4v) is 3.33. The summed E-state index contributed by atoms with van der Waals surface area (Å²) in [5.74, 6) is -0.565. The van der Waals surface area contributed by atoms with E-state index in [1.165, 1.54) is 27.5 Å². The lowest BCUT2D eigenvalue weighted by Crippen LogP contribution is -2.37. The summed E-state index contributed by atoms with van der Waals surface area (Å²) in [6.07, 6.45) is 3.13. The quantitative estimate of drug-likeness (QED) is 0.646. The van der Waals surface area contributed by atoms with Gasteiger partial charge in [0.1, 0.15) is 6.54 Å². The van der Waals surface area contributed by atoms with Crippen molar-refractivity contribution >= 4 is 40.2 Å². The van der Waals surface area contributed by atoms with Crippen molar-refractivity contribution in [1.82, 2.24) is 14.7 Å². The maximum atomic E-state index is 12.6. The smallest absolute Gasteiger partial charge is 0.244 e. The van der Waals surface area contributed by atoms with Crippen molar-refractivity contribution in [2.24, 2.45) is 0 Å². The standard InChI is InChI=1S/C20H20N4O3S/c1-23(12-19(26)22-15-8-4-6-10-18(15)28-2)20(27)13-24-16-9-5-3-7-14(16)17(25)11-21-24/h3-11H,12-13H2,1-2H3,(H,22,26). The minimum Gasteiger partial charge on any atom is -0.335 e. The Kier molecular flexibility index (Phi) is 6.10. The number of benzene rings is 2. The van der Waals surface area contributed by atoms with E-state index in [2.05, 4.69) is 10.4 Å². The third-order valence-electron chi connectivity index (χ3n) is 4.23. The molecule has 1 heterocycles. The summed E-state index contributed by atoms with van der Waals surface area (Å²) in [5, 5.41) is 7.38. The molecule has 0 saturated heterocycles. The van der Waals surface area contributed by atoms with Crippen LogP contribution >= 0.6 is 11.8 Å². The van der Waals surface area contributed by atoms with Crippen LogP contribution in [0.4, 0.5) is 5.69 Å². The first kappa shape index (κ1) is 19.6. The van der Waals surface area contributed by atoms with Gasteiger partial charge in [0, 0.05) is 17.3 Å². The van der Waals surface area contributed by atoms with E-state index in [4.69, 9.17) is 0 Å². The molecule has 28 heavy (non-hydrogen) atoms. The molecule has 0 aliphatic heterocycles. The molecule has 0 bridgehead atoms. The number of aromatic nitrogens is 2. The Morgan fingerprint density at radius 1 is 1.14 bits per heavy atom. The normalized spacial score (nSPS) is 10.6. The van der Waals surface area contributed by atoms with Gasteiger partial charge in [-0.15, -0.1) is 11.8 Å². The van der Waals surface area contributed by atoms with E-state index in [-0.39, 0.29) is 30.3 Å². The predicted molar refractivity (Wildman–Crippen MR) is 110 cm³/mol. The molecule has 3 rings (SSSR count). The summed E-state index contributed by atoms with van der Waals surface area (Å²) in [4.78, 5) is 39.1. The fourth-order valence-electron chi connectivity index (χ4n) is 2.78. The second-order valence-electron chi connectivity index (χ2n) is 6.18. The van der Waals surface area contributed by atoms with Crippen LogP contribution in [0.15, 0.2) is 64.4 Å². The zero-order valence-corrected chi connectivity index (χ0v) is 16.4. The number of anilines is 1. The largest absolute Gasteiger partial charge is 0.335 e. The number of rotatable bonds is 6. The molecule has 1 N–H and O–H groups in total. The summed E-state index contributed by atoms with van der Waals surface area (Å²) in [5.41, 5.74) is 1.10. The van der Waals surface area contributed by atoms with E-state index in [0.717, 1.165) is 4.90 Å². The van der Waals surface area contributed by atoms with Crippen molar-refractivity contribution in [2.45, 2.75) is 11.4 Å². The number of carbonyl (C=O) groups excluding carboxylic acids is 2. The molecule has 144 valence electrons. The molecule has 7 nitrogen and oxygen atoms in total. The van der Waals surface area contributed by atoms with Gasteiger partial charge in [-0.1, -0.05) is 24.3 Å². The van der Waals surface area contributed by atoms with Gasteiger partial charge in [-0.25, -0.2) is 0 Å². The number of hydrogen-bond donors (Lipinski definition) is 1. The number of hydrogen-bond acceptors (Lipinski definition) is 5. The van der Waals surface area contributed by atoms with Crippen molar-refractivity contribution in [2.75, 3.05) is 25.2 Å². The Labute approximate surface area is 166 Å². The summed E-state index contributed by atoms with van der Waals surface area (Å²) in [6.45, 7) is -0.147. The molecule has 2 aromatic carbocycles. The summed E-state index contributed by atoms with van der Waals surface area (Å²) < 4.78 is 1.47. The van der Waals surface area contributed by atoms with Crippen LogP contribution in [-0.2, 0) is 16.1 Å². The third-order valence-corrected chi connectivity index (χ3v) is 5.03. The molecule has 0 radical (unpaired) electrons. The Hall–Kier alpha value is -3.13. The number of fused-ring (bicyclic) bond motifs is 1. The van der Waals surface area contributed by atoms with Crippen LogP contribution in [0.3, 0.4) is 0 Å². The number of amides is 2. The Balaban J connectivity index is 1.68. The summed E-state index contributed by atoms with van der Waals surface area (Å²) in [7, 11) is 1.56. The summed E-state index contributed by atoms with van der Waals surface area (Å²) >= 11 is 1.53. The van der Waals surface area contributed by atoms with Gasteiger partial charge in [0.05, 0.1) is 23.9 Å². The molecular formula is C20H20N4O3S. The van der Waals surface area contributed by atoms with Crippen molar-refractivity contribution in [3.63, 3.8) is 0 Å². The third kappa shape index (κ3) is 4.40. The van der Waals surface area contributed by atoms with Gasteiger partial charge >= 0.3 is 0 Å². The molecule has 0 unspecified atom stereocenters. The molecule has 0 spiro atoms. The first-order valence-electron chi connectivity index (χ1n) is 8.61. The Bertz CT molecular complexity index is 1080. The number of para-hydroxylation sites is 2. The minimum absolute atomic E-state index is 0.0635. The molecule has 1 aromatic heterocycles. The van der Waals surface area contributed by atoms with Gasteiger partial charge in [-0.2, -0.15) is 5.10 Å². The first-order chi connectivity index (χ1) is 13.5. The molecule has 0 aliphatic rings. The number of likely N-dealkylation sites (N-methyl/N-ethyl adjacent to an activating group) is 1. The maximum Gasteiger partial charge on any atom is 0.244 e. The number of thioether (sulfide) groups is 1. The molecule has 8 heteroatoms. The predicted octanol–water partition coefficient (Wildman–Crippen LogP) is 2.22. The van der Waals surface area contributed by atoms with E-state index >= 15 is 0 Å². The zero-order valence-electron chi connectivity index (χ0n) is 15.6. The maximum absolute atomic E-state index is 12.6. The molecule has 0 atom stereocenters.